The Kier molecular flexibility index (Phi) is 6.38. The van der Waals surface area contributed by atoms with Gasteiger partial charge in [-0.3, -0.25) is 4.79 Å². The van der Waals surface area contributed by atoms with Crippen molar-refractivity contribution in [1.29, 1.82) is 0 Å². The number of aliphatic hydroxyl groups excluding tert-OH is 1. The van der Waals surface area contributed by atoms with Crippen molar-refractivity contribution in [2.24, 2.45) is 0 Å². The lowest BCUT2D eigenvalue weighted by Gasteiger charge is -2.13. The van der Waals surface area contributed by atoms with E-state index < -0.39 is 0 Å². The summed E-state index contributed by atoms with van der Waals surface area (Å²) in [4.78, 5) is 12.6. The van der Waals surface area contributed by atoms with Crippen LogP contribution in [0, 0.1) is 0 Å². The summed E-state index contributed by atoms with van der Waals surface area (Å²) in [5, 5.41) is 8.49. The first kappa shape index (κ1) is 11.2. The van der Waals surface area contributed by atoms with Crippen molar-refractivity contribution >= 4 is 5.91 Å². The number of hydrogen-bond acceptors (Lipinski definition) is 2. The molecule has 1 amide bonds. The third-order valence-corrected chi connectivity index (χ3v) is 1.70. The van der Waals surface area contributed by atoms with Crippen LogP contribution >= 0.6 is 0 Å². The van der Waals surface area contributed by atoms with Crippen molar-refractivity contribution in [3.8, 4) is 0 Å². The molecular weight excluding hydrogens is 154 g/mol. The minimum atomic E-state index is -0.0426. The molecule has 70 valence electrons. The highest BCUT2D eigenvalue weighted by Gasteiger charge is 2.01. The Morgan fingerprint density at radius 1 is 1.50 bits per heavy atom. The van der Waals surface area contributed by atoms with Gasteiger partial charge in [-0.2, -0.15) is 0 Å². The van der Waals surface area contributed by atoms with Crippen LogP contribution in [0.4, 0.5) is 0 Å². The third-order valence-electron chi connectivity index (χ3n) is 1.70. The van der Waals surface area contributed by atoms with Gasteiger partial charge in [-0.05, 0) is 25.3 Å². The molecule has 1 N–H and O–H groups in total. The number of unbranched alkanes of at least 4 members (excludes halogenated alkanes) is 2. The van der Waals surface area contributed by atoms with Crippen LogP contribution in [-0.2, 0) is 4.79 Å². The highest BCUT2D eigenvalue weighted by molar-refractivity contribution is 5.86. The Hall–Kier alpha value is -0.830. The number of hydrogen-bond donors (Lipinski definition) is 1. The van der Waals surface area contributed by atoms with E-state index in [4.69, 9.17) is 5.11 Å². The van der Waals surface area contributed by atoms with Gasteiger partial charge in [0.05, 0.1) is 0 Å². The number of nitrogens with zero attached hydrogens (tertiary/aromatic N) is 1. The molecule has 0 atom stereocenters. The Morgan fingerprint density at radius 2 is 2.17 bits per heavy atom. The SMILES string of the molecule is C=CC(=O)N(C)CCCCCO. The first-order valence-electron chi connectivity index (χ1n) is 4.20. The summed E-state index contributed by atoms with van der Waals surface area (Å²) in [6.45, 7) is 4.37. The molecular formula is C9H17NO2. The molecule has 0 aromatic carbocycles. The summed E-state index contributed by atoms with van der Waals surface area (Å²) in [7, 11) is 1.75. The molecule has 0 rings (SSSR count). The summed E-state index contributed by atoms with van der Waals surface area (Å²) in [5.41, 5.74) is 0. The molecule has 0 unspecified atom stereocenters. The fraction of sp³-hybridized carbons (Fsp3) is 0.667. The number of likely N-dealkylation sites (N-methyl/N-ethyl adjacent to an activating group) is 1. The second-order valence-electron chi connectivity index (χ2n) is 2.75. The summed E-state index contributed by atoms with van der Waals surface area (Å²) in [6.07, 6.45) is 4.03. The van der Waals surface area contributed by atoms with Gasteiger partial charge in [0.1, 0.15) is 0 Å². The van der Waals surface area contributed by atoms with Gasteiger partial charge in [0.15, 0.2) is 0 Å². The first-order valence-corrected chi connectivity index (χ1v) is 4.20. The molecule has 0 heterocycles. The summed E-state index contributed by atoms with van der Waals surface area (Å²) < 4.78 is 0. The van der Waals surface area contributed by atoms with Crippen LogP contribution in [0.1, 0.15) is 19.3 Å². The van der Waals surface area contributed by atoms with E-state index in [0.717, 1.165) is 25.8 Å². The largest absolute Gasteiger partial charge is 0.396 e. The predicted molar refractivity (Wildman–Crippen MR) is 48.8 cm³/mol. The van der Waals surface area contributed by atoms with E-state index in [0.29, 0.717) is 0 Å². The van der Waals surface area contributed by atoms with Gasteiger partial charge in [0.2, 0.25) is 5.91 Å². The van der Waals surface area contributed by atoms with Crippen molar-refractivity contribution in [3.63, 3.8) is 0 Å². The van der Waals surface area contributed by atoms with Crippen LogP contribution < -0.4 is 0 Å². The summed E-state index contributed by atoms with van der Waals surface area (Å²) in [5.74, 6) is -0.0426. The molecule has 0 fully saturated rings. The van der Waals surface area contributed by atoms with Gasteiger partial charge in [-0.25, -0.2) is 0 Å². The van der Waals surface area contributed by atoms with Crippen molar-refractivity contribution in [3.05, 3.63) is 12.7 Å². The third kappa shape index (κ3) is 4.91. The molecule has 0 aromatic heterocycles. The lowest BCUT2D eigenvalue weighted by molar-refractivity contribution is -0.124. The molecule has 0 saturated carbocycles. The molecule has 12 heavy (non-hydrogen) atoms. The first-order chi connectivity index (χ1) is 5.72. The molecule has 0 spiro atoms. The van der Waals surface area contributed by atoms with E-state index in [-0.39, 0.29) is 12.5 Å². The molecule has 0 aromatic rings. The lowest BCUT2D eigenvalue weighted by atomic mass is 10.2. The zero-order valence-electron chi connectivity index (χ0n) is 7.62. The standard InChI is InChI=1S/C9H17NO2/c1-3-9(12)10(2)7-5-4-6-8-11/h3,11H,1,4-8H2,2H3. The van der Waals surface area contributed by atoms with E-state index >= 15 is 0 Å². The molecule has 0 aliphatic rings. The Balaban J connectivity index is 3.37. The molecule has 0 aliphatic carbocycles. The maximum atomic E-state index is 10.9. The molecule has 0 radical (unpaired) electrons. The van der Waals surface area contributed by atoms with Gasteiger partial charge in [-0.1, -0.05) is 6.58 Å². The van der Waals surface area contributed by atoms with Crippen molar-refractivity contribution < 1.29 is 9.90 Å². The summed E-state index contributed by atoms with van der Waals surface area (Å²) in [6, 6.07) is 0. The van der Waals surface area contributed by atoms with Gasteiger partial charge in [0.25, 0.3) is 0 Å². The van der Waals surface area contributed by atoms with Crippen LogP contribution in [-0.4, -0.2) is 36.1 Å². The minimum absolute atomic E-state index is 0.0426. The summed E-state index contributed by atoms with van der Waals surface area (Å²) >= 11 is 0. The van der Waals surface area contributed by atoms with E-state index in [1.807, 2.05) is 0 Å². The van der Waals surface area contributed by atoms with E-state index in [9.17, 15) is 4.79 Å². The number of carbonyl (C=O) groups is 1. The quantitative estimate of drug-likeness (QED) is 0.474. The van der Waals surface area contributed by atoms with Crippen LogP contribution in [0.5, 0.6) is 0 Å². The Bertz CT molecular complexity index is 145. The van der Waals surface area contributed by atoms with E-state index in [1.54, 1.807) is 11.9 Å². The fourth-order valence-electron chi connectivity index (χ4n) is 0.904. The van der Waals surface area contributed by atoms with Crippen LogP contribution in [0.25, 0.3) is 0 Å². The molecule has 3 heteroatoms. The maximum Gasteiger partial charge on any atom is 0.245 e. The average molecular weight is 171 g/mol. The smallest absolute Gasteiger partial charge is 0.245 e. The van der Waals surface area contributed by atoms with Gasteiger partial charge in [0, 0.05) is 20.2 Å². The predicted octanol–water partition coefficient (Wildman–Crippen LogP) is 0.793. The zero-order chi connectivity index (χ0) is 9.40. The van der Waals surface area contributed by atoms with Gasteiger partial charge < -0.3 is 10.0 Å². The van der Waals surface area contributed by atoms with Crippen LogP contribution in [0.15, 0.2) is 12.7 Å². The zero-order valence-corrected chi connectivity index (χ0v) is 7.62. The molecule has 0 bridgehead atoms. The number of aliphatic hydroxyl groups is 1. The highest BCUT2D eigenvalue weighted by Crippen LogP contribution is 1.96. The Labute approximate surface area is 73.7 Å². The van der Waals surface area contributed by atoms with Crippen molar-refractivity contribution in [2.45, 2.75) is 19.3 Å². The number of rotatable bonds is 6. The van der Waals surface area contributed by atoms with Gasteiger partial charge >= 0.3 is 0 Å². The molecule has 0 saturated heterocycles. The highest BCUT2D eigenvalue weighted by atomic mass is 16.2. The second kappa shape index (κ2) is 6.85. The van der Waals surface area contributed by atoms with Gasteiger partial charge in [-0.15, -0.1) is 0 Å². The second-order valence-corrected chi connectivity index (χ2v) is 2.75. The van der Waals surface area contributed by atoms with Crippen LogP contribution in [0.3, 0.4) is 0 Å². The fourth-order valence-corrected chi connectivity index (χ4v) is 0.904. The topological polar surface area (TPSA) is 40.5 Å². The molecule has 0 aliphatic heterocycles. The number of carbonyl (C=O) groups excluding carboxylic acids is 1. The van der Waals surface area contributed by atoms with Crippen LogP contribution in [0.2, 0.25) is 0 Å². The average Bonchev–Trinajstić information content (AvgIpc) is 2.10. The minimum Gasteiger partial charge on any atom is -0.396 e. The maximum absolute atomic E-state index is 10.9. The Morgan fingerprint density at radius 3 is 2.67 bits per heavy atom. The molecule has 3 nitrogen and oxygen atoms in total. The number of amides is 1. The monoisotopic (exact) mass is 171 g/mol. The van der Waals surface area contributed by atoms with E-state index in [1.165, 1.54) is 6.08 Å². The van der Waals surface area contributed by atoms with Crippen molar-refractivity contribution in [2.75, 3.05) is 20.2 Å². The normalized spacial score (nSPS) is 9.50. The van der Waals surface area contributed by atoms with Crippen molar-refractivity contribution in [1.82, 2.24) is 4.90 Å². The lowest BCUT2D eigenvalue weighted by Crippen LogP contribution is -2.25. The van der Waals surface area contributed by atoms with E-state index in [2.05, 4.69) is 6.58 Å².